The second-order valence-electron chi connectivity index (χ2n) is 4.86. The van der Waals surface area contributed by atoms with Gasteiger partial charge >= 0.3 is 0 Å². The molecule has 2 rings (SSSR count). The minimum absolute atomic E-state index is 0.00536. The Hall–Kier alpha value is 0.01000. The van der Waals surface area contributed by atoms with Crippen molar-refractivity contribution in [3.63, 3.8) is 0 Å². The van der Waals surface area contributed by atoms with Gasteiger partial charge in [-0.2, -0.15) is 0 Å². The fourth-order valence-corrected chi connectivity index (χ4v) is 3.40. The Morgan fingerprint density at radius 1 is 1.45 bits per heavy atom. The summed E-state index contributed by atoms with van der Waals surface area (Å²) < 4.78 is 12.1. The molecule has 0 radical (unpaired) electrons. The minimum atomic E-state index is -0.157. The molecule has 0 amide bonds. The fourth-order valence-electron chi connectivity index (χ4n) is 2.28. The van der Waals surface area contributed by atoms with Crippen LogP contribution in [0.2, 0.25) is 0 Å². The molecule has 2 bridgehead atoms. The van der Waals surface area contributed by atoms with Crippen LogP contribution in [0, 0.1) is 0 Å². The van der Waals surface area contributed by atoms with Crippen LogP contribution >= 0.6 is 43.5 Å². The van der Waals surface area contributed by atoms with Crippen LogP contribution in [-0.4, -0.2) is 28.5 Å². The van der Waals surface area contributed by atoms with Gasteiger partial charge in [0.15, 0.2) is 0 Å². The van der Waals surface area contributed by atoms with E-state index < -0.39 is 0 Å². The first-order chi connectivity index (χ1) is 9.60. The zero-order valence-corrected chi connectivity index (χ0v) is 15.1. The van der Waals surface area contributed by atoms with Gasteiger partial charge in [0.2, 0.25) is 0 Å². The topological polar surface area (TPSA) is 18.5 Å². The molecule has 0 saturated heterocycles. The lowest BCUT2D eigenvalue weighted by atomic mass is 10.0. The SMILES string of the molecule is C[C@@H]1O[C@H](C=C=CBr)/C=C\[C@H](Cl)CC2=CC[C@H](Br)[C@@H]1O2. The van der Waals surface area contributed by atoms with E-state index in [1.807, 2.05) is 25.2 Å². The van der Waals surface area contributed by atoms with Crippen molar-refractivity contribution in [3.05, 3.63) is 40.8 Å². The minimum Gasteiger partial charge on any atom is -0.491 e. The highest BCUT2D eigenvalue weighted by Crippen LogP contribution is 2.31. The fraction of sp³-hybridized carbons (Fsp3) is 0.533. The summed E-state index contributed by atoms with van der Waals surface area (Å²) in [6, 6.07) is 0. The highest BCUT2D eigenvalue weighted by molar-refractivity contribution is 9.11. The molecule has 5 atom stereocenters. The first-order valence-corrected chi connectivity index (χ1v) is 8.86. The van der Waals surface area contributed by atoms with Gasteiger partial charge in [-0.3, -0.25) is 0 Å². The molecule has 2 nitrogen and oxygen atoms in total. The lowest BCUT2D eigenvalue weighted by Gasteiger charge is -2.35. The van der Waals surface area contributed by atoms with Crippen LogP contribution < -0.4 is 0 Å². The van der Waals surface area contributed by atoms with Crippen LogP contribution in [0.5, 0.6) is 0 Å². The number of fused-ring (bicyclic) bond motifs is 2. The Labute approximate surface area is 141 Å². The van der Waals surface area contributed by atoms with Crippen LogP contribution in [0.15, 0.2) is 40.8 Å². The first kappa shape index (κ1) is 16.4. The molecular formula is C15H17Br2ClO2. The third-order valence-electron chi connectivity index (χ3n) is 3.28. The monoisotopic (exact) mass is 422 g/mol. The standard InChI is InChI=1S/C15H17Br2ClO2/c1-10-15-14(17)7-6-13(20-15)9-11(18)4-5-12(19-10)3-2-8-16/h3-6,8,10-12,14-15H,7,9H2,1H3/b5-4-/t2?,10-,11-,12+,14-,15+/m0/s1. The van der Waals surface area contributed by atoms with Gasteiger partial charge < -0.3 is 9.47 Å². The van der Waals surface area contributed by atoms with E-state index in [2.05, 4.69) is 43.7 Å². The van der Waals surface area contributed by atoms with Gasteiger partial charge in [0.05, 0.1) is 22.1 Å². The first-order valence-electron chi connectivity index (χ1n) is 6.59. The van der Waals surface area contributed by atoms with Gasteiger partial charge in [0.25, 0.3) is 0 Å². The summed E-state index contributed by atoms with van der Waals surface area (Å²) in [5.41, 5.74) is 2.99. The maximum absolute atomic E-state index is 6.31. The molecule has 0 spiro atoms. The van der Waals surface area contributed by atoms with Crippen LogP contribution in [0.4, 0.5) is 0 Å². The van der Waals surface area contributed by atoms with Gasteiger partial charge in [0, 0.05) is 11.4 Å². The Bertz CT molecular complexity index is 455. The molecule has 0 N–H and O–H groups in total. The molecule has 2 aliphatic heterocycles. The summed E-state index contributed by atoms with van der Waals surface area (Å²) >= 11 is 13.2. The Kier molecular flexibility index (Phi) is 6.44. The van der Waals surface area contributed by atoms with Crippen LogP contribution in [0.25, 0.3) is 0 Å². The van der Waals surface area contributed by atoms with Crippen molar-refractivity contribution in [1.29, 1.82) is 0 Å². The normalized spacial score (nSPS) is 38.8. The van der Waals surface area contributed by atoms with Gasteiger partial charge in [-0.15, -0.1) is 17.3 Å². The molecule has 0 fully saturated rings. The molecule has 2 heterocycles. The van der Waals surface area contributed by atoms with E-state index in [9.17, 15) is 0 Å². The van der Waals surface area contributed by atoms with Crippen molar-refractivity contribution in [3.8, 4) is 0 Å². The summed E-state index contributed by atoms with van der Waals surface area (Å²) in [6.45, 7) is 2.04. The average Bonchev–Trinajstić information content (AvgIpc) is 2.43. The number of alkyl halides is 2. The third-order valence-corrected chi connectivity index (χ3v) is 4.74. The number of rotatable bonds is 1. The van der Waals surface area contributed by atoms with Crippen LogP contribution in [0.1, 0.15) is 19.8 Å². The summed E-state index contributed by atoms with van der Waals surface area (Å²) in [7, 11) is 0. The van der Waals surface area contributed by atoms with Crippen molar-refractivity contribution in [2.75, 3.05) is 0 Å². The van der Waals surface area contributed by atoms with Gasteiger partial charge in [-0.1, -0.05) is 44.0 Å². The highest BCUT2D eigenvalue weighted by atomic mass is 79.9. The van der Waals surface area contributed by atoms with Crippen molar-refractivity contribution < 1.29 is 9.47 Å². The van der Waals surface area contributed by atoms with Crippen LogP contribution in [0.3, 0.4) is 0 Å². The molecule has 5 heteroatoms. The molecule has 0 aromatic heterocycles. The Balaban J connectivity index is 2.24. The smallest absolute Gasteiger partial charge is 0.137 e. The van der Waals surface area contributed by atoms with E-state index >= 15 is 0 Å². The average molecular weight is 425 g/mol. The second kappa shape index (κ2) is 7.86. The lowest BCUT2D eigenvalue weighted by molar-refractivity contribution is -0.0569. The summed E-state index contributed by atoms with van der Waals surface area (Å²) in [5.74, 6) is 0.958. The highest BCUT2D eigenvalue weighted by Gasteiger charge is 2.32. The molecule has 0 saturated carbocycles. The molecule has 2 aliphatic rings. The largest absolute Gasteiger partial charge is 0.491 e. The number of ether oxygens (including phenoxy) is 2. The van der Waals surface area contributed by atoms with Crippen molar-refractivity contribution in [2.24, 2.45) is 0 Å². The predicted molar refractivity (Wildman–Crippen MR) is 89.6 cm³/mol. The van der Waals surface area contributed by atoms with E-state index in [4.69, 9.17) is 21.1 Å². The number of hydrogen-bond donors (Lipinski definition) is 0. The van der Waals surface area contributed by atoms with E-state index in [0.29, 0.717) is 6.42 Å². The second-order valence-corrected chi connectivity index (χ2v) is 7.05. The van der Waals surface area contributed by atoms with E-state index in [-0.39, 0.29) is 28.5 Å². The number of hydrogen-bond acceptors (Lipinski definition) is 2. The van der Waals surface area contributed by atoms with Gasteiger partial charge in [0.1, 0.15) is 12.2 Å². The number of halogens is 3. The Morgan fingerprint density at radius 2 is 2.25 bits per heavy atom. The third kappa shape index (κ3) is 4.51. The Morgan fingerprint density at radius 3 is 3.00 bits per heavy atom. The summed E-state index contributed by atoms with van der Waals surface area (Å²) in [5, 5.41) is -0.0883. The molecular weight excluding hydrogens is 407 g/mol. The lowest BCUT2D eigenvalue weighted by Crippen LogP contribution is -2.40. The van der Waals surface area contributed by atoms with Crippen molar-refractivity contribution in [1.82, 2.24) is 0 Å². The predicted octanol–water partition coefficient (Wildman–Crippen LogP) is 4.83. The molecule has 20 heavy (non-hydrogen) atoms. The van der Waals surface area contributed by atoms with Gasteiger partial charge in [-0.25, -0.2) is 0 Å². The van der Waals surface area contributed by atoms with Gasteiger partial charge in [-0.05, 0) is 25.5 Å². The molecule has 0 unspecified atom stereocenters. The van der Waals surface area contributed by atoms with E-state index in [1.165, 1.54) is 0 Å². The maximum Gasteiger partial charge on any atom is 0.137 e. The molecule has 0 aromatic rings. The zero-order valence-electron chi connectivity index (χ0n) is 11.1. The van der Waals surface area contributed by atoms with Crippen molar-refractivity contribution in [2.45, 2.75) is 48.3 Å². The summed E-state index contributed by atoms with van der Waals surface area (Å²) in [6.07, 6.45) is 9.35. The quantitative estimate of drug-likeness (QED) is 0.341. The maximum atomic E-state index is 6.31. The van der Waals surface area contributed by atoms with Crippen molar-refractivity contribution >= 4 is 43.5 Å². The van der Waals surface area contributed by atoms with E-state index in [1.54, 1.807) is 4.99 Å². The molecule has 110 valence electrons. The van der Waals surface area contributed by atoms with Crippen LogP contribution in [-0.2, 0) is 9.47 Å². The number of allylic oxidation sites excluding steroid dienone is 3. The molecule has 0 aromatic carbocycles. The molecule has 0 aliphatic carbocycles. The van der Waals surface area contributed by atoms with E-state index in [0.717, 1.165) is 12.2 Å². The summed E-state index contributed by atoms with van der Waals surface area (Å²) in [4.78, 5) is 1.94. The zero-order chi connectivity index (χ0) is 14.5.